The molecule has 2 N–H and O–H groups in total. The highest BCUT2D eigenvalue weighted by molar-refractivity contribution is 7.09. The zero-order valence-electron chi connectivity index (χ0n) is 35.3. The number of rotatable bonds is 15. The molecule has 2 aromatic heterocycles. The van der Waals surface area contributed by atoms with E-state index in [1.54, 1.807) is 11.3 Å². The van der Waals surface area contributed by atoms with Gasteiger partial charge in [0.2, 0.25) is 11.8 Å². The molecule has 2 fully saturated rings. The molecule has 0 saturated carbocycles. The van der Waals surface area contributed by atoms with Crippen molar-refractivity contribution in [3.05, 3.63) is 131 Å². The van der Waals surface area contributed by atoms with Crippen molar-refractivity contribution in [3.8, 4) is 22.4 Å². The predicted molar refractivity (Wildman–Crippen MR) is 242 cm³/mol. The van der Waals surface area contributed by atoms with Gasteiger partial charge >= 0.3 is 6.09 Å². The van der Waals surface area contributed by atoms with Crippen LogP contribution in [0.3, 0.4) is 0 Å². The van der Waals surface area contributed by atoms with Gasteiger partial charge in [-0.2, -0.15) is 0 Å². The van der Waals surface area contributed by atoms with Crippen LogP contribution in [-0.2, 0) is 20.7 Å². The first kappa shape index (κ1) is 41.9. The van der Waals surface area contributed by atoms with Gasteiger partial charge in [-0.15, -0.1) is 11.3 Å². The average Bonchev–Trinajstić information content (AvgIpc) is 4.16. The molecular formula is C49H55N7O4S. The van der Waals surface area contributed by atoms with E-state index in [1.807, 2.05) is 53.0 Å². The van der Waals surface area contributed by atoms with Crippen LogP contribution in [0.25, 0.3) is 28.0 Å². The summed E-state index contributed by atoms with van der Waals surface area (Å²) >= 11 is 1.61. The first-order valence-electron chi connectivity index (χ1n) is 21.6. The number of alkyl carbamates (subject to hydrolysis) is 1. The van der Waals surface area contributed by atoms with E-state index in [1.165, 1.54) is 12.7 Å². The number of nitrogens with zero attached hydrogens (tertiary/aromatic N) is 5. The van der Waals surface area contributed by atoms with Crippen LogP contribution in [0.15, 0.2) is 114 Å². The number of ether oxygens (including phenoxy) is 1. The number of H-pyrrole nitrogens is 1. The molecule has 3 aromatic carbocycles. The second-order valence-electron chi connectivity index (χ2n) is 16.1. The standard InChI is InChI=1S/C49H55N7O4S/c1-4-54(5-2)46(37-12-7-6-8-13-37)48(58)56-26-9-15-43(56)41-28-38(31-50-41)35-19-17-33(18-20-35)34-21-23-36(24-22-34)42-32-51-47(53-42)44-16-10-25-55(44)45(57)30-39(52-49(59)60-3)29-40-14-11-27-61-40/h6-8,11-14,17-24,27,31-32,39,43-44,46H,4-5,9-10,15-16,25-26,28-30H2,1-3H3,(H,51,53)(H,52,59)/t39-,43+,44+,46?/m1/s1. The number of imidazole rings is 1. The number of aliphatic imine (C=N–C) groups is 1. The van der Waals surface area contributed by atoms with E-state index in [0.717, 1.165) is 102 Å². The van der Waals surface area contributed by atoms with E-state index in [0.29, 0.717) is 13.0 Å². The van der Waals surface area contributed by atoms with Crippen LogP contribution >= 0.6 is 11.3 Å². The van der Waals surface area contributed by atoms with Gasteiger partial charge in [-0.1, -0.05) is 98.8 Å². The van der Waals surface area contributed by atoms with Crippen molar-refractivity contribution in [1.29, 1.82) is 0 Å². The number of allylic oxidation sites excluding steroid dienone is 1. The van der Waals surface area contributed by atoms with Crippen molar-refractivity contribution in [2.45, 2.75) is 83.0 Å². The topological polar surface area (TPSA) is 123 Å². The first-order valence-corrected chi connectivity index (χ1v) is 22.5. The van der Waals surface area contributed by atoms with Crippen LogP contribution in [-0.4, -0.2) is 93.7 Å². The highest BCUT2D eigenvalue weighted by Gasteiger charge is 2.39. The Bertz CT molecular complexity index is 2340. The maximum absolute atomic E-state index is 14.3. The van der Waals surface area contributed by atoms with Crippen molar-refractivity contribution in [1.82, 2.24) is 30.0 Å². The van der Waals surface area contributed by atoms with Crippen molar-refractivity contribution < 1.29 is 19.1 Å². The van der Waals surface area contributed by atoms with Crippen molar-refractivity contribution in [3.63, 3.8) is 0 Å². The van der Waals surface area contributed by atoms with Gasteiger partial charge in [0, 0.05) is 55.2 Å². The number of nitrogens with one attached hydrogen (secondary N) is 2. The van der Waals surface area contributed by atoms with E-state index in [2.05, 4.69) is 94.6 Å². The molecule has 4 atom stereocenters. The number of likely N-dealkylation sites (N-methyl/N-ethyl adjacent to an activating group) is 1. The number of amides is 3. The van der Waals surface area contributed by atoms with Gasteiger partial charge in [0.25, 0.3) is 0 Å². The quantitative estimate of drug-likeness (QED) is 0.109. The SMILES string of the molecule is CCN(CC)C(C(=O)N1CCC[C@H]1C1=NC=C(c2ccc(-c3ccc(-c4cnc([C@@H]5CCCN5C(=O)C[C@@H](Cc5cccs5)NC(=O)OC)[nH]4)cc3)cc2)C1)c1ccccc1. The Morgan fingerprint density at radius 1 is 0.852 bits per heavy atom. The molecule has 5 aromatic rings. The van der Waals surface area contributed by atoms with E-state index in [4.69, 9.17) is 14.7 Å². The summed E-state index contributed by atoms with van der Waals surface area (Å²) in [5.41, 5.74) is 8.58. The second kappa shape index (κ2) is 19.2. The number of hydrogen-bond donors (Lipinski definition) is 2. The Labute approximate surface area is 362 Å². The number of thiophene rings is 1. The van der Waals surface area contributed by atoms with E-state index >= 15 is 0 Å². The number of methoxy groups -OCH3 is 1. The molecule has 3 amide bonds. The van der Waals surface area contributed by atoms with Crippen LogP contribution in [0.5, 0.6) is 0 Å². The fraction of sp³-hybridized carbons (Fsp3) is 0.367. The number of likely N-dealkylation sites (tertiary alicyclic amines) is 2. The molecule has 8 rings (SSSR count). The van der Waals surface area contributed by atoms with Crippen molar-refractivity contribution in [2.75, 3.05) is 33.3 Å². The Morgan fingerprint density at radius 2 is 1.52 bits per heavy atom. The van der Waals surface area contributed by atoms with Crippen molar-refractivity contribution in [2.24, 2.45) is 4.99 Å². The van der Waals surface area contributed by atoms with Crippen LogP contribution in [0.1, 0.15) is 86.3 Å². The Balaban J connectivity index is 0.880. The number of aromatic nitrogens is 2. The fourth-order valence-electron chi connectivity index (χ4n) is 9.22. The molecule has 5 heterocycles. The molecule has 2 saturated heterocycles. The summed E-state index contributed by atoms with van der Waals surface area (Å²) in [7, 11) is 1.33. The van der Waals surface area contributed by atoms with E-state index in [9.17, 15) is 14.4 Å². The van der Waals surface area contributed by atoms with Gasteiger partial charge in [0.1, 0.15) is 11.9 Å². The highest BCUT2D eigenvalue weighted by atomic mass is 32.1. The Kier molecular flexibility index (Phi) is 13.2. The van der Waals surface area contributed by atoms with Gasteiger partial charge in [-0.3, -0.25) is 19.5 Å². The summed E-state index contributed by atoms with van der Waals surface area (Å²) in [6, 6.07) is 30.5. The maximum Gasteiger partial charge on any atom is 0.407 e. The molecule has 3 aliphatic rings. The average molecular weight is 838 g/mol. The minimum atomic E-state index is -0.539. The normalized spacial score (nSPS) is 18.6. The lowest BCUT2D eigenvalue weighted by Crippen LogP contribution is -2.47. The molecule has 61 heavy (non-hydrogen) atoms. The van der Waals surface area contributed by atoms with Crippen molar-refractivity contribution >= 4 is 40.5 Å². The largest absolute Gasteiger partial charge is 0.453 e. The van der Waals surface area contributed by atoms with Gasteiger partial charge in [-0.25, -0.2) is 9.78 Å². The summed E-state index contributed by atoms with van der Waals surface area (Å²) < 4.78 is 4.85. The van der Waals surface area contributed by atoms with E-state index in [-0.39, 0.29) is 42.4 Å². The number of carbonyl (C=O) groups excluding carboxylic acids is 3. The summed E-state index contributed by atoms with van der Waals surface area (Å²) in [6.07, 6.45) is 8.41. The molecule has 1 unspecified atom stereocenters. The third-order valence-electron chi connectivity index (χ3n) is 12.4. The molecule has 0 bridgehead atoms. The highest BCUT2D eigenvalue weighted by Crippen LogP contribution is 2.35. The summed E-state index contributed by atoms with van der Waals surface area (Å²) in [5, 5.41) is 4.85. The van der Waals surface area contributed by atoms with Gasteiger partial charge < -0.3 is 24.8 Å². The molecule has 0 spiro atoms. The van der Waals surface area contributed by atoms with Crippen LogP contribution < -0.4 is 5.32 Å². The summed E-state index contributed by atoms with van der Waals surface area (Å²) in [5.74, 6) is 0.931. The van der Waals surface area contributed by atoms with Crippen LogP contribution in [0.2, 0.25) is 0 Å². The Morgan fingerprint density at radius 3 is 2.20 bits per heavy atom. The van der Waals surface area contributed by atoms with Gasteiger partial charge in [0.15, 0.2) is 0 Å². The van der Waals surface area contributed by atoms with Crippen LogP contribution in [0, 0.1) is 0 Å². The smallest absolute Gasteiger partial charge is 0.407 e. The molecule has 316 valence electrons. The Hall–Kier alpha value is -5.85. The third kappa shape index (κ3) is 9.40. The number of aromatic amines is 1. The molecule has 3 aliphatic heterocycles. The maximum atomic E-state index is 14.3. The number of carbonyl (C=O) groups is 3. The first-order chi connectivity index (χ1) is 29.8. The molecule has 11 nitrogen and oxygen atoms in total. The minimum absolute atomic E-state index is 0.0125. The van der Waals surface area contributed by atoms with E-state index < -0.39 is 6.09 Å². The minimum Gasteiger partial charge on any atom is -0.453 e. The summed E-state index contributed by atoms with van der Waals surface area (Å²) in [6.45, 7) is 7.27. The fourth-order valence-corrected chi connectivity index (χ4v) is 10.0. The lowest BCUT2D eigenvalue weighted by Gasteiger charge is -2.35. The summed E-state index contributed by atoms with van der Waals surface area (Å²) in [4.78, 5) is 60.5. The number of benzene rings is 3. The van der Waals surface area contributed by atoms with Gasteiger partial charge in [0.05, 0.1) is 31.1 Å². The van der Waals surface area contributed by atoms with Gasteiger partial charge in [-0.05, 0) is 83.6 Å². The lowest BCUT2D eigenvalue weighted by atomic mass is 9.96. The molecule has 12 heteroatoms. The molecular weight excluding hydrogens is 783 g/mol. The zero-order chi connectivity index (χ0) is 42.3. The third-order valence-corrected chi connectivity index (χ3v) is 13.3. The lowest BCUT2D eigenvalue weighted by molar-refractivity contribution is -0.137. The second-order valence-corrected chi connectivity index (χ2v) is 17.1. The van der Waals surface area contributed by atoms with Crippen LogP contribution in [0.4, 0.5) is 4.79 Å². The number of hydrogen-bond acceptors (Lipinski definition) is 8. The molecule has 0 radical (unpaired) electrons. The molecule has 0 aliphatic carbocycles. The monoisotopic (exact) mass is 837 g/mol. The predicted octanol–water partition coefficient (Wildman–Crippen LogP) is 9.09. The zero-order valence-corrected chi connectivity index (χ0v) is 36.1.